The third-order valence-corrected chi connectivity index (χ3v) is 5.78. The molecule has 8 heteroatoms. The molecule has 1 amide bonds. The van der Waals surface area contributed by atoms with Gasteiger partial charge in [-0.3, -0.25) is 4.79 Å². The molecule has 0 unspecified atom stereocenters. The summed E-state index contributed by atoms with van der Waals surface area (Å²) in [4.78, 5) is 23.6. The number of aromatic nitrogens is 2. The molecule has 0 aliphatic rings. The second kappa shape index (κ2) is 9.15. The molecule has 0 atom stereocenters. The molecule has 2 aromatic heterocycles. The highest BCUT2D eigenvalue weighted by Crippen LogP contribution is 2.23. The molecule has 2 heterocycles. The molecule has 0 aliphatic carbocycles. The van der Waals surface area contributed by atoms with E-state index < -0.39 is 0 Å². The smallest absolute Gasteiger partial charge is 0.258 e. The third kappa shape index (κ3) is 4.90. The van der Waals surface area contributed by atoms with Crippen LogP contribution in [-0.4, -0.2) is 15.9 Å². The monoisotopic (exact) mass is 439 g/mol. The largest absolute Gasteiger partial charge is 0.487 e. The lowest BCUT2D eigenvalue weighted by Crippen LogP contribution is -2.30. The summed E-state index contributed by atoms with van der Waals surface area (Å²) in [6.07, 6.45) is 0. The van der Waals surface area contributed by atoms with Gasteiger partial charge in [0, 0.05) is 22.0 Å². The van der Waals surface area contributed by atoms with Crippen LogP contribution in [0.4, 0.5) is 10.1 Å². The zero-order chi connectivity index (χ0) is 20.9. The number of carbonyl (C=O) groups excluding carboxylic acids is 1. The van der Waals surface area contributed by atoms with Gasteiger partial charge < -0.3 is 9.64 Å². The number of rotatable bonds is 7. The summed E-state index contributed by atoms with van der Waals surface area (Å²) in [5.41, 5.74) is 4.44. The highest BCUT2D eigenvalue weighted by atomic mass is 32.1. The van der Waals surface area contributed by atoms with E-state index in [1.807, 2.05) is 17.7 Å². The van der Waals surface area contributed by atoms with Crippen LogP contribution in [0, 0.1) is 12.7 Å². The van der Waals surface area contributed by atoms with Crippen LogP contribution in [0.3, 0.4) is 0 Å². The number of hydrogen-bond acceptors (Lipinski definition) is 6. The number of nitrogens with zero attached hydrogens (tertiary/aromatic N) is 3. The normalized spacial score (nSPS) is 10.7. The maximum atomic E-state index is 13.4. The van der Waals surface area contributed by atoms with Gasteiger partial charge in [0.1, 0.15) is 18.2 Å². The molecule has 4 rings (SSSR count). The van der Waals surface area contributed by atoms with Crippen LogP contribution in [-0.2, 0) is 13.2 Å². The van der Waals surface area contributed by atoms with Gasteiger partial charge in [-0.2, -0.15) is 0 Å². The zero-order valence-corrected chi connectivity index (χ0v) is 17.8. The van der Waals surface area contributed by atoms with Crippen LogP contribution in [0.1, 0.15) is 26.8 Å². The van der Waals surface area contributed by atoms with Gasteiger partial charge in [0.15, 0.2) is 0 Å². The van der Waals surface area contributed by atoms with Gasteiger partial charge in [-0.1, -0.05) is 6.07 Å². The molecule has 4 aromatic rings. The van der Waals surface area contributed by atoms with E-state index in [2.05, 4.69) is 9.97 Å². The molecule has 0 spiro atoms. The van der Waals surface area contributed by atoms with Crippen LogP contribution >= 0.6 is 22.7 Å². The third-order valence-electron chi connectivity index (χ3n) is 4.32. The topological polar surface area (TPSA) is 55.3 Å². The van der Waals surface area contributed by atoms with Gasteiger partial charge in [-0.25, -0.2) is 14.4 Å². The molecular weight excluding hydrogens is 421 g/mol. The number of amides is 1. The second-order valence-electron chi connectivity index (χ2n) is 6.52. The summed E-state index contributed by atoms with van der Waals surface area (Å²) in [6.45, 7) is 2.54. The predicted molar refractivity (Wildman–Crippen MR) is 117 cm³/mol. The summed E-state index contributed by atoms with van der Waals surface area (Å²) in [7, 11) is 0. The SMILES string of the molecule is Cc1nc(CN(C(=O)c2cccc(OCc3cscn3)c2)c2ccc(F)cc2)cs1. The first-order valence-electron chi connectivity index (χ1n) is 9.17. The second-order valence-corrected chi connectivity index (χ2v) is 8.30. The van der Waals surface area contributed by atoms with Gasteiger partial charge in [0.25, 0.3) is 5.91 Å². The summed E-state index contributed by atoms with van der Waals surface area (Å²) < 4.78 is 19.2. The maximum Gasteiger partial charge on any atom is 0.258 e. The van der Waals surface area contributed by atoms with Gasteiger partial charge in [0.05, 0.1) is 28.5 Å². The van der Waals surface area contributed by atoms with E-state index in [-0.39, 0.29) is 11.7 Å². The van der Waals surface area contributed by atoms with E-state index in [9.17, 15) is 9.18 Å². The number of anilines is 1. The van der Waals surface area contributed by atoms with Crippen molar-refractivity contribution in [3.63, 3.8) is 0 Å². The maximum absolute atomic E-state index is 13.4. The van der Waals surface area contributed by atoms with Crippen molar-refractivity contribution in [2.24, 2.45) is 0 Å². The highest BCUT2D eigenvalue weighted by Gasteiger charge is 2.20. The summed E-state index contributed by atoms with van der Waals surface area (Å²) in [6, 6.07) is 12.9. The number of carbonyl (C=O) groups is 1. The molecule has 0 aliphatic heterocycles. The summed E-state index contributed by atoms with van der Waals surface area (Å²) in [5, 5.41) is 4.77. The minimum atomic E-state index is -0.354. The molecule has 5 nitrogen and oxygen atoms in total. The van der Waals surface area contributed by atoms with E-state index >= 15 is 0 Å². The van der Waals surface area contributed by atoms with E-state index in [1.165, 1.54) is 34.8 Å². The lowest BCUT2D eigenvalue weighted by atomic mass is 10.1. The first kappa shape index (κ1) is 20.2. The van der Waals surface area contributed by atoms with Gasteiger partial charge in [0.2, 0.25) is 0 Å². The predicted octanol–water partition coefficient (Wildman–Crippen LogP) is 5.47. The van der Waals surface area contributed by atoms with Gasteiger partial charge in [-0.15, -0.1) is 22.7 Å². The van der Waals surface area contributed by atoms with Crippen LogP contribution in [0.25, 0.3) is 0 Å². The molecule has 0 saturated carbocycles. The fourth-order valence-electron chi connectivity index (χ4n) is 2.89. The number of benzene rings is 2. The Labute approximate surface area is 181 Å². The fourth-order valence-corrected chi connectivity index (χ4v) is 4.03. The number of hydrogen-bond donors (Lipinski definition) is 0. The van der Waals surface area contributed by atoms with Crippen LogP contribution in [0.15, 0.2) is 64.8 Å². The van der Waals surface area contributed by atoms with Crippen molar-refractivity contribution in [1.82, 2.24) is 9.97 Å². The Bertz CT molecular complexity index is 1130. The quantitative estimate of drug-likeness (QED) is 0.383. The van der Waals surface area contributed by atoms with Crippen molar-refractivity contribution in [2.75, 3.05) is 4.90 Å². The molecular formula is C22H18FN3O2S2. The molecule has 0 fully saturated rings. The van der Waals surface area contributed by atoms with Crippen molar-refractivity contribution in [3.8, 4) is 5.75 Å². The fraction of sp³-hybridized carbons (Fsp3) is 0.136. The highest BCUT2D eigenvalue weighted by molar-refractivity contribution is 7.09. The standard InChI is InChI=1S/C22H18FN3O2S2/c1-15-25-18(13-30-15)10-26(20-7-5-17(23)6-8-20)22(27)16-3-2-4-21(9-16)28-11-19-12-29-14-24-19/h2-9,12-14H,10-11H2,1H3. The van der Waals surface area contributed by atoms with E-state index in [0.29, 0.717) is 30.2 Å². The van der Waals surface area contributed by atoms with E-state index in [4.69, 9.17) is 4.74 Å². The Kier molecular flexibility index (Phi) is 6.15. The molecule has 0 N–H and O–H groups in total. The van der Waals surface area contributed by atoms with Crippen molar-refractivity contribution in [1.29, 1.82) is 0 Å². The number of thiazole rings is 2. The van der Waals surface area contributed by atoms with E-state index in [0.717, 1.165) is 16.4 Å². The Hall–Kier alpha value is -3.10. The first-order valence-corrected chi connectivity index (χ1v) is 11.0. The van der Waals surface area contributed by atoms with Gasteiger partial charge >= 0.3 is 0 Å². The van der Waals surface area contributed by atoms with Crippen molar-refractivity contribution < 1.29 is 13.9 Å². The lowest BCUT2D eigenvalue weighted by molar-refractivity contribution is 0.0984. The Morgan fingerprint density at radius 1 is 1.13 bits per heavy atom. The lowest BCUT2D eigenvalue weighted by Gasteiger charge is -2.22. The number of ether oxygens (including phenoxy) is 1. The molecule has 30 heavy (non-hydrogen) atoms. The molecule has 0 saturated heterocycles. The Morgan fingerprint density at radius 3 is 2.67 bits per heavy atom. The van der Waals surface area contributed by atoms with Crippen LogP contribution in [0.2, 0.25) is 0 Å². The molecule has 2 aromatic carbocycles. The summed E-state index contributed by atoms with van der Waals surface area (Å²) in [5.74, 6) is 0.0110. The average Bonchev–Trinajstić information content (AvgIpc) is 3.43. The Morgan fingerprint density at radius 2 is 1.97 bits per heavy atom. The number of aryl methyl sites for hydroxylation is 1. The summed E-state index contributed by atoms with van der Waals surface area (Å²) >= 11 is 3.03. The number of halogens is 1. The van der Waals surface area contributed by atoms with Crippen LogP contribution < -0.4 is 9.64 Å². The Balaban J connectivity index is 1.58. The average molecular weight is 440 g/mol. The minimum Gasteiger partial charge on any atom is -0.487 e. The molecule has 152 valence electrons. The van der Waals surface area contributed by atoms with Crippen molar-refractivity contribution >= 4 is 34.3 Å². The van der Waals surface area contributed by atoms with Crippen LogP contribution in [0.5, 0.6) is 5.75 Å². The van der Waals surface area contributed by atoms with Crippen molar-refractivity contribution in [3.05, 3.63) is 92.6 Å². The minimum absolute atomic E-state index is 0.216. The molecule has 0 radical (unpaired) electrons. The first-order chi connectivity index (χ1) is 14.6. The van der Waals surface area contributed by atoms with Crippen molar-refractivity contribution in [2.45, 2.75) is 20.1 Å². The van der Waals surface area contributed by atoms with E-state index in [1.54, 1.807) is 46.8 Å². The van der Waals surface area contributed by atoms with Gasteiger partial charge in [-0.05, 0) is 49.4 Å². The molecule has 0 bridgehead atoms. The zero-order valence-electron chi connectivity index (χ0n) is 16.1.